The molecule has 0 amide bonds. The van der Waals surface area contributed by atoms with E-state index in [1.54, 1.807) is 0 Å². The molecule has 0 aliphatic heterocycles. The molecular weight excluding hydrogens is 280 g/mol. The third kappa shape index (κ3) is 5.61. The zero-order chi connectivity index (χ0) is 11.9. The molecule has 17 heavy (non-hydrogen) atoms. The van der Waals surface area contributed by atoms with Crippen LogP contribution < -0.4 is 5.32 Å². The van der Waals surface area contributed by atoms with Gasteiger partial charge in [-0.15, -0.1) is 0 Å². The predicted octanol–water partition coefficient (Wildman–Crippen LogP) is 2.75. The maximum atomic E-state index is 5.57. The van der Waals surface area contributed by atoms with Crippen molar-refractivity contribution in [3.05, 3.63) is 28.5 Å². The van der Waals surface area contributed by atoms with E-state index in [0.29, 0.717) is 0 Å². The molecule has 0 saturated heterocycles. The lowest BCUT2D eigenvalue weighted by Gasteiger charge is -2.05. The minimum absolute atomic E-state index is 0.821. The fourth-order valence-electron chi connectivity index (χ4n) is 1.60. The molecule has 94 valence electrons. The fraction of sp³-hybridized carbons (Fsp3) is 0.615. The monoisotopic (exact) mass is 298 g/mol. The van der Waals surface area contributed by atoms with Gasteiger partial charge in [-0.2, -0.15) is 0 Å². The van der Waals surface area contributed by atoms with Crippen LogP contribution in [-0.4, -0.2) is 24.7 Å². The van der Waals surface area contributed by atoms with Gasteiger partial charge in [0.2, 0.25) is 0 Å². The number of ether oxygens (including phenoxy) is 1. The van der Waals surface area contributed by atoms with Crippen LogP contribution in [0.5, 0.6) is 0 Å². The number of nitrogens with zero attached hydrogens (tertiary/aromatic N) is 1. The van der Waals surface area contributed by atoms with Gasteiger partial charge in [0, 0.05) is 19.8 Å². The summed E-state index contributed by atoms with van der Waals surface area (Å²) in [4.78, 5) is 4.36. The van der Waals surface area contributed by atoms with Crippen LogP contribution >= 0.6 is 15.9 Å². The van der Waals surface area contributed by atoms with Gasteiger partial charge in [-0.1, -0.05) is 6.07 Å². The highest BCUT2D eigenvalue weighted by molar-refractivity contribution is 9.10. The maximum absolute atomic E-state index is 5.57. The smallest absolute Gasteiger partial charge is 0.106 e. The average molecular weight is 299 g/mol. The molecule has 1 fully saturated rings. The normalized spacial score (nSPS) is 15.1. The molecule has 0 bridgehead atoms. The number of pyridine rings is 1. The number of halogens is 1. The van der Waals surface area contributed by atoms with E-state index in [4.69, 9.17) is 4.74 Å². The first kappa shape index (κ1) is 13.0. The quantitative estimate of drug-likeness (QED) is 0.592. The summed E-state index contributed by atoms with van der Waals surface area (Å²) in [6, 6.07) is 5.98. The van der Waals surface area contributed by atoms with Crippen LogP contribution in [0.4, 0.5) is 0 Å². The topological polar surface area (TPSA) is 34.1 Å². The Bertz CT molecular complexity index is 342. The van der Waals surface area contributed by atoms with Gasteiger partial charge in [0.15, 0.2) is 0 Å². The molecule has 0 radical (unpaired) electrons. The van der Waals surface area contributed by atoms with E-state index < -0.39 is 0 Å². The summed E-state index contributed by atoms with van der Waals surface area (Å²) >= 11 is 3.37. The summed E-state index contributed by atoms with van der Waals surface area (Å²) in [5.74, 6) is 0.869. The lowest BCUT2D eigenvalue weighted by atomic mass is 10.3. The van der Waals surface area contributed by atoms with Gasteiger partial charge >= 0.3 is 0 Å². The summed E-state index contributed by atoms with van der Waals surface area (Å²) in [7, 11) is 0. The highest BCUT2D eigenvalue weighted by Gasteiger charge is 2.20. The van der Waals surface area contributed by atoms with E-state index in [0.717, 1.165) is 48.9 Å². The molecule has 1 aliphatic rings. The lowest BCUT2D eigenvalue weighted by molar-refractivity contribution is 0.122. The van der Waals surface area contributed by atoms with Crippen molar-refractivity contribution in [2.45, 2.75) is 25.8 Å². The largest absolute Gasteiger partial charge is 0.381 e. The molecule has 0 aromatic carbocycles. The standard InChI is InChI=1S/C13H19BrN2O/c14-13-4-1-3-12(16-13)9-15-7-2-8-17-10-11-5-6-11/h1,3-4,11,15H,2,5-10H2. The van der Waals surface area contributed by atoms with Crippen LogP contribution in [0, 0.1) is 5.92 Å². The minimum atomic E-state index is 0.821. The first-order chi connectivity index (χ1) is 8.34. The number of nitrogens with one attached hydrogen (secondary N) is 1. The Labute approximate surface area is 111 Å². The zero-order valence-electron chi connectivity index (χ0n) is 9.99. The van der Waals surface area contributed by atoms with Crippen molar-refractivity contribution in [2.75, 3.05) is 19.8 Å². The van der Waals surface area contributed by atoms with Crippen molar-refractivity contribution < 1.29 is 4.74 Å². The summed E-state index contributed by atoms with van der Waals surface area (Å²) in [6.07, 6.45) is 3.81. The van der Waals surface area contributed by atoms with Gasteiger partial charge in [-0.05, 0) is 59.8 Å². The van der Waals surface area contributed by atoms with E-state index in [9.17, 15) is 0 Å². The number of hydrogen-bond donors (Lipinski definition) is 1. The number of rotatable bonds is 8. The first-order valence-electron chi connectivity index (χ1n) is 6.24. The Morgan fingerprint density at radius 2 is 2.29 bits per heavy atom. The minimum Gasteiger partial charge on any atom is -0.381 e. The molecule has 2 rings (SSSR count). The Morgan fingerprint density at radius 3 is 3.06 bits per heavy atom. The van der Waals surface area contributed by atoms with Gasteiger partial charge < -0.3 is 10.1 Å². The molecule has 1 heterocycles. The molecule has 1 saturated carbocycles. The first-order valence-corrected chi connectivity index (χ1v) is 7.04. The van der Waals surface area contributed by atoms with Crippen LogP contribution in [0.3, 0.4) is 0 Å². The van der Waals surface area contributed by atoms with E-state index in [2.05, 4.69) is 26.2 Å². The van der Waals surface area contributed by atoms with Crippen molar-refractivity contribution in [2.24, 2.45) is 5.92 Å². The lowest BCUT2D eigenvalue weighted by Crippen LogP contribution is -2.17. The molecule has 1 aromatic rings. The van der Waals surface area contributed by atoms with Crippen molar-refractivity contribution in [1.82, 2.24) is 10.3 Å². The van der Waals surface area contributed by atoms with Gasteiger partial charge in [0.05, 0.1) is 5.69 Å². The van der Waals surface area contributed by atoms with Crippen molar-refractivity contribution in [3.8, 4) is 0 Å². The Morgan fingerprint density at radius 1 is 1.41 bits per heavy atom. The third-order valence-electron chi connectivity index (χ3n) is 2.77. The highest BCUT2D eigenvalue weighted by atomic mass is 79.9. The van der Waals surface area contributed by atoms with Gasteiger partial charge in [-0.25, -0.2) is 4.98 Å². The Hall–Kier alpha value is -0.450. The summed E-state index contributed by atoms with van der Waals surface area (Å²) in [5, 5.41) is 3.37. The highest BCUT2D eigenvalue weighted by Crippen LogP contribution is 2.28. The van der Waals surface area contributed by atoms with Gasteiger partial charge in [-0.3, -0.25) is 0 Å². The number of aromatic nitrogens is 1. The summed E-state index contributed by atoms with van der Waals surface area (Å²) in [6.45, 7) is 3.64. The second kappa shape index (κ2) is 7.09. The van der Waals surface area contributed by atoms with Crippen LogP contribution in [0.1, 0.15) is 25.0 Å². The fourth-order valence-corrected chi connectivity index (χ4v) is 1.98. The van der Waals surface area contributed by atoms with E-state index >= 15 is 0 Å². The predicted molar refractivity (Wildman–Crippen MR) is 71.8 cm³/mol. The van der Waals surface area contributed by atoms with Crippen molar-refractivity contribution >= 4 is 15.9 Å². The second-order valence-corrected chi connectivity index (χ2v) is 5.31. The van der Waals surface area contributed by atoms with Crippen LogP contribution in [0.25, 0.3) is 0 Å². The Balaban J connectivity index is 1.47. The third-order valence-corrected chi connectivity index (χ3v) is 3.21. The maximum Gasteiger partial charge on any atom is 0.106 e. The van der Waals surface area contributed by atoms with E-state index in [1.807, 2.05) is 18.2 Å². The van der Waals surface area contributed by atoms with Crippen molar-refractivity contribution in [1.29, 1.82) is 0 Å². The van der Waals surface area contributed by atoms with Crippen LogP contribution in [-0.2, 0) is 11.3 Å². The SMILES string of the molecule is Brc1cccc(CNCCCOCC2CC2)n1. The average Bonchev–Trinajstić information content (AvgIpc) is 3.12. The molecule has 1 aliphatic carbocycles. The van der Waals surface area contributed by atoms with Crippen LogP contribution in [0.15, 0.2) is 22.8 Å². The molecule has 1 N–H and O–H groups in total. The second-order valence-electron chi connectivity index (χ2n) is 4.50. The number of hydrogen-bond acceptors (Lipinski definition) is 3. The molecule has 0 unspecified atom stereocenters. The summed E-state index contributed by atoms with van der Waals surface area (Å²) in [5.41, 5.74) is 1.07. The van der Waals surface area contributed by atoms with Gasteiger partial charge in [0.25, 0.3) is 0 Å². The van der Waals surface area contributed by atoms with E-state index in [1.165, 1.54) is 12.8 Å². The van der Waals surface area contributed by atoms with E-state index in [-0.39, 0.29) is 0 Å². The molecular formula is C13H19BrN2O. The molecule has 3 nitrogen and oxygen atoms in total. The zero-order valence-corrected chi connectivity index (χ0v) is 11.6. The van der Waals surface area contributed by atoms with Crippen LogP contribution in [0.2, 0.25) is 0 Å². The molecule has 4 heteroatoms. The Kier molecular flexibility index (Phi) is 5.42. The molecule has 0 atom stereocenters. The molecule has 0 spiro atoms. The summed E-state index contributed by atoms with van der Waals surface area (Å²) < 4.78 is 6.46. The van der Waals surface area contributed by atoms with Gasteiger partial charge in [0.1, 0.15) is 4.60 Å². The molecule has 1 aromatic heterocycles. The van der Waals surface area contributed by atoms with Crippen molar-refractivity contribution in [3.63, 3.8) is 0 Å².